The minimum atomic E-state index is -0.0174. The van der Waals surface area contributed by atoms with Crippen molar-refractivity contribution >= 4 is 5.82 Å². The number of nitrogens with zero attached hydrogens (tertiary/aromatic N) is 4. The third-order valence-corrected chi connectivity index (χ3v) is 3.60. The van der Waals surface area contributed by atoms with Crippen LogP contribution in [0, 0.1) is 0 Å². The lowest BCUT2D eigenvalue weighted by Gasteiger charge is -2.39. The number of nitrogen functional groups attached to an aromatic ring is 1. The summed E-state index contributed by atoms with van der Waals surface area (Å²) < 4.78 is 5.81. The minimum absolute atomic E-state index is 0.0174. The maximum Gasteiger partial charge on any atom is 0.190 e. The van der Waals surface area contributed by atoms with Gasteiger partial charge in [-0.2, -0.15) is 9.89 Å². The molecule has 1 aliphatic heterocycles. The molecule has 1 aromatic rings. The molecule has 2 heterocycles. The standard InChI is InChI=1S/C12H22N6O/c1-3-19-12(2)6-8-17(9-7-12)11-5-4-10(15-13)18(14)16-11/h4-5H,3,6-9,13-14H2,1-2H3/b15-10-. The molecule has 0 unspecified atom stereocenters. The van der Waals surface area contributed by atoms with Gasteiger partial charge in [0.25, 0.3) is 0 Å². The molecule has 0 amide bonds. The van der Waals surface area contributed by atoms with Crippen LogP contribution in [0.3, 0.4) is 0 Å². The highest BCUT2D eigenvalue weighted by atomic mass is 16.5. The van der Waals surface area contributed by atoms with Gasteiger partial charge in [-0.1, -0.05) is 0 Å². The van der Waals surface area contributed by atoms with Crippen molar-refractivity contribution in [3.05, 3.63) is 17.6 Å². The lowest BCUT2D eigenvalue weighted by Crippen LogP contribution is -2.45. The average Bonchev–Trinajstić information content (AvgIpc) is 2.39. The maximum absolute atomic E-state index is 5.81. The second-order valence-electron chi connectivity index (χ2n) is 4.99. The second-order valence-corrected chi connectivity index (χ2v) is 4.99. The largest absolute Gasteiger partial charge is 0.375 e. The van der Waals surface area contributed by atoms with Crippen molar-refractivity contribution in [2.75, 3.05) is 30.4 Å². The van der Waals surface area contributed by atoms with Gasteiger partial charge in [0.2, 0.25) is 0 Å². The number of hydrogen-bond donors (Lipinski definition) is 2. The molecule has 0 spiro atoms. The second kappa shape index (κ2) is 5.48. The van der Waals surface area contributed by atoms with Crippen molar-refractivity contribution in [3.8, 4) is 0 Å². The van der Waals surface area contributed by atoms with E-state index in [1.165, 1.54) is 4.79 Å². The van der Waals surface area contributed by atoms with Crippen molar-refractivity contribution in [3.63, 3.8) is 0 Å². The van der Waals surface area contributed by atoms with Crippen LogP contribution in [0.5, 0.6) is 0 Å². The van der Waals surface area contributed by atoms with Crippen LogP contribution in [0.4, 0.5) is 5.82 Å². The zero-order valence-electron chi connectivity index (χ0n) is 11.5. The zero-order valence-corrected chi connectivity index (χ0v) is 11.5. The highest BCUT2D eigenvalue weighted by Crippen LogP contribution is 2.27. The van der Waals surface area contributed by atoms with E-state index in [-0.39, 0.29) is 5.60 Å². The number of piperidine rings is 1. The molecule has 1 saturated heterocycles. The monoisotopic (exact) mass is 266 g/mol. The molecule has 0 atom stereocenters. The summed E-state index contributed by atoms with van der Waals surface area (Å²) in [5, 5.41) is 7.81. The van der Waals surface area contributed by atoms with Crippen LogP contribution in [0.25, 0.3) is 0 Å². The molecule has 7 heteroatoms. The highest BCUT2D eigenvalue weighted by molar-refractivity contribution is 5.37. The molecule has 0 radical (unpaired) electrons. The Kier molecular flexibility index (Phi) is 3.94. The topological polar surface area (TPSA) is 94.7 Å². The first-order valence-electron chi connectivity index (χ1n) is 6.56. The predicted molar refractivity (Wildman–Crippen MR) is 73.6 cm³/mol. The fourth-order valence-electron chi connectivity index (χ4n) is 2.39. The number of anilines is 1. The van der Waals surface area contributed by atoms with Gasteiger partial charge in [0.15, 0.2) is 11.3 Å². The van der Waals surface area contributed by atoms with Gasteiger partial charge in [0, 0.05) is 19.7 Å². The number of nitrogens with two attached hydrogens (primary N) is 2. The molecule has 1 fully saturated rings. The smallest absolute Gasteiger partial charge is 0.190 e. The molecule has 0 bridgehead atoms. The zero-order chi connectivity index (χ0) is 13.9. The molecular weight excluding hydrogens is 244 g/mol. The van der Waals surface area contributed by atoms with E-state index >= 15 is 0 Å². The van der Waals surface area contributed by atoms with E-state index in [1.807, 2.05) is 13.0 Å². The van der Waals surface area contributed by atoms with Crippen LogP contribution < -0.4 is 22.1 Å². The minimum Gasteiger partial charge on any atom is -0.375 e. The molecule has 0 saturated carbocycles. The van der Waals surface area contributed by atoms with E-state index in [0.717, 1.165) is 38.4 Å². The molecule has 0 aliphatic carbocycles. The maximum atomic E-state index is 5.81. The highest BCUT2D eigenvalue weighted by Gasteiger charge is 2.30. The summed E-state index contributed by atoms with van der Waals surface area (Å²) in [5.41, 5.74) is 0.427. The van der Waals surface area contributed by atoms with Crippen LogP contribution in [-0.4, -0.2) is 35.2 Å². The van der Waals surface area contributed by atoms with E-state index in [2.05, 4.69) is 22.0 Å². The summed E-state index contributed by atoms with van der Waals surface area (Å²) in [7, 11) is 0. The lowest BCUT2D eigenvalue weighted by atomic mass is 9.93. The molecule has 2 rings (SSSR count). The van der Waals surface area contributed by atoms with E-state index in [4.69, 9.17) is 16.4 Å². The van der Waals surface area contributed by atoms with Crippen molar-refractivity contribution in [1.82, 2.24) is 9.89 Å². The van der Waals surface area contributed by atoms with Gasteiger partial charge in [0.05, 0.1) is 5.60 Å². The quantitative estimate of drug-likeness (QED) is 0.582. The fraction of sp³-hybridized carbons (Fsp3) is 0.667. The van der Waals surface area contributed by atoms with E-state index in [0.29, 0.717) is 5.49 Å². The summed E-state index contributed by atoms with van der Waals surface area (Å²) in [5.74, 6) is 11.8. The third-order valence-electron chi connectivity index (χ3n) is 3.60. The number of hydrogen-bond acceptors (Lipinski definition) is 6. The van der Waals surface area contributed by atoms with Crippen LogP contribution in [0.15, 0.2) is 17.2 Å². The summed E-state index contributed by atoms with van der Waals surface area (Å²) in [6, 6.07) is 3.65. The Balaban J connectivity index is 2.08. The lowest BCUT2D eigenvalue weighted by molar-refractivity contribution is -0.0414. The summed E-state index contributed by atoms with van der Waals surface area (Å²) >= 11 is 0. The average molecular weight is 266 g/mol. The van der Waals surface area contributed by atoms with Crippen LogP contribution in [0.2, 0.25) is 0 Å². The molecule has 7 nitrogen and oxygen atoms in total. The Hall–Kier alpha value is -1.76. The van der Waals surface area contributed by atoms with Gasteiger partial charge in [0.1, 0.15) is 0 Å². The van der Waals surface area contributed by atoms with Crippen molar-refractivity contribution in [1.29, 1.82) is 0 Å². The Morgan fingerprint density at radius 2 is 2.11 bits per heavy atom. The van der Waals surface area contributed by atoms with Crippen molar-refractivity contribution < 1.29 is 4.74 Å². The Bertz CT molecular complexity index is 489. The number of ether oxygens (including phenoxy) is 1. The summed E-state index contributed by atoms with van der Waals surface area (Å²) in [4.78, 5) is 3.40. The van der Waals surface area contributed by atoms with Gasteiger partial charge < -0.3 is 21.3 Å². The Morgan fingerprint density at radius 1 is 1.42 bits per heavy atom. The Morgan fingerprint density at radius 3 is 2.63 bits per heavy atom. The SMILES string of the molecule is CCOC1(C)CCN(c2cc/c(=N/N)n(N)n2)CC1. The molecule has 4 N–H and O–H groups in total. The van der Waals surface area contributed by atoms with Crippen molar-refractivity contribution in [2.45, 2.75) is 32.3 Å². The van der Waals surface area contributed by atoms with Gasteiger partial charge in [-0.25, -0.2) is 0 Å². The molecular formula is C12H22N6O. The first-order chi connectivity index (χ1) is 9.08. The predicted octanol–water partition coefficient (Wildman–Crippen LogP) is -0.233. The van der Waals surface area contributed by atoms with Gasteiger partial charge in [-0.3, -0.25) is 0 Å². The molecule has 1 aromatic heterocycles. The van der Waals surface area contributed by atoms with Gasteiger partial charge in [-0.05, 0) is 38.8 Å². The first kappa shape index (κ1) is 13.7. The van der Waals surface area contributed by atoms with Crippen LogP contribution >= 0.6 is 0 Å². The molecule has 106 valence electrons. The van der Waals surface area contributed by atoms with E-state index < -0.39 is 0 Å². The van der Waals surface area contributed by atoms with Gasteiger partial charge >= 0.3 is 0 Å². The molecule has 0 aromatic carbocycles. The molecule has 1 aliphatic rings. The van der Waals surface area contributed by atoms with Crippen LogP contribution in [-0.2, 0) is 4.74 Å². The Labute approximate surface area is 112 Å². The van der Waals surface area contributed by atoms with Crippen LogP contribution in [0.1, 0.15) is 26.7 Å². The number of aromatic nitrogens is 2. The number of rotatable bonds is 3. The summed E-state index contributed by atoms with van der Waals surface area (Å²) in [6.45, 7) is 6.77. The van der Waals surface area contributed by atoms with Crippen molar-refractivity contribution in [2.24, 2.45) is 10.9 Å². The fourth-order valence-corrected chi connectivity index (χ4v) is 2.39. The normalized spacial score (nSPS) is 19.7. The third kappa shape index (κ3) is 2.98. The first-order valence-corrected chi connectivity index (χ1v) is 6.56. The summed E-state index contributed by atoms with van der Waals surface area (Å²) in [6.07, 6.45) is 1.96. The van der Waals surface area contributed by atoms with Gasteiger partial charge in [-0.15, -0.1) is 5.10 Å². The van der Waals surface area contributed by atoms with E-state index in [9.17, 15) is 0 Å². The molecule has 19 heavy (non-hydrogen) atoms. The van der Waals surface area contributed by atoms with E-state index in [1.54, 1.807) is 6.07 Å².